The summed E-state index contributed by atoms with van der Waals surface area (Å²) in [6, 6.07) is 15.1. The molecule has 17 heavy (non-hydrogen) atoms. The molecule has 0 atom stereocenters. The van der Waals surface area contributed by atoms with Gasteiger partial charge in [-0.1, -0.05) is 30.3 Å². The minimum Gasteiger partial charge on any atom is -0.497 e. The number of aryl methyl sites for hydroxylation is 2. The van der Waals surface area contributed by atoms with Crippen LogP contribution in [0.25, 0.3) is 11.1 Å². The van der Waals surface area contributed by atoms with Gasteiger partial charge in [-0.2, -0.15) is 0 Å². The molecule has 2 aromatic carbocycles. The first-order valence-corrected chi connectivity index (χ1v) is 6.13. The van der Waals surface area contributed by atoms with E-state index in [4.69, 9.17) is 4.74 Å². The molecule has 0 bridgehead atoms. The number of methoxy groups -OCH3 is 1. The van der Waals surface area contributed by atoms with Crippen LogP contribution < -0.4 is 4.74 Å². The largest absolute Gasteiger partial charge is 0.497 e. The van der Waals surface area contributed by atoms with Crippen molar-refractivity contribution in [3.63, 3.8) is 0 Å². The average molecular weight is 224 g/mol. The van der Waals surface area contributed by atoms with Crippen LogP contribution in [0.5, 0.6) is 5.75 Å². The number of rotatable bonds is 2. The summed E-state index contributed by atoms with van der Waals surface area (Å²) in [4.78, 5) is 0. The molecule has 1 aliphatic rings. The normalized spacial score (nSPS) is 13.5. The summed E-state index contributed by atoms with van der Waals surface area (Å²) < 4.78 is 5.18. The van der Waals surface area contributed by atoms with Gasteiger partial charge in [0.1, 0.15) is 5.75 Å². The van der Waals surface area contributed by atoms with Gasteiger partial charge in [-0.05, 0) is 53.6 Å². The Balaban J connectivity index is 1.97. The highest BCUT2D eigenvalue weighted by molar-refractivity contribution is 5.66. The highest BCUT2D eigenvalue weighted by Crippen LogP contribution is 2.28. The summed E-state index contributed by atoms with van der Waals surface area (Å²) in [6.45, 7) is 0. The van der Waals surface area contributed by atoms with Crippen LogP contribution in [-0.2, 0) is 12.8 Å². The van der Waals surface area contributed by atoms with Gasteiger partial charge in [0.05, 0.1) is 7.11 Å². The van der Waals surface area contributed by atoms with Gasteiger partial charge >= 0.3 is 0 Å². The number of benzene rings is 2. The van der Waals surface area contributed by atoms with Crippen LogP contribution in [0.3, 0.4) is 0 Å². The zero-order valence-electron chi connectivity index (χ0n) is 10.1. The third-order valence-electron chi connectivity index (χ3n) is 3.52. The Bertz CT molecular complexity index is 526. The van der Waals surface area contributed by atoms with Crippen molar-refractivity contribution in [3.8, 4) is 16.9 Å². The lowest BCUT2D eigenvalue weighted by Gasteiger charge is -2.06. The molecule has 0 saturated heterocycles. The molecule has 3 rings (SSSR count). The lowest BCUT2D eigenvalue weighted by atomic mass is 10.0. The molecular formula is C16H16O. The van der Waals surface area contributed by atoms with Crippen molar-refractivity contribution in [1.29, 1.82) is 0 Å². The van der Waals surface area contributed by atoms with Crippen molar-refractivity contribution in [1.82, 2.24) is 0 Å². The average Bonchev–Trinajstić information content (AvgIpc) is 2.86. The molecular weight excluding hydrogens is 208 g/mol. The van der Waals surface area contributed by atoms with Crippen molar-refractivity contribution in [2.75, 3.05) is 7.11 Å². The summed E-state index contributed by atoms with van der Waals surface area (Å²) in [7, 11) is 1.70. The molecule has 0 saturated carbocycles. The van der Waals surface area contributed by atoms with Gasteiger partial charge in [-0.3, -0.25) is 0 Å². The van der Waals surface area contributed by atoms with Gasteiger partial charge in [-0.15, -0.1) is 0 Å². The Morgan fingerprint density at radius 3 is 2.29 bits per heavy atom. The molecule has 0 unspecified atom stereocenters. The Morgan fingerprint density at radius 2 is 1.53 bits per heavy atom. The maximum absolute atomic E-state index is 5.18. The first-order valence-electron chi connectivity index (χ1n) is 6.13. The van der Waals surface area contributed by atoms with Crippen LogP contribution >= 0.6 is 0 Å². The molecule has 86 valence electrons. The monoisotopic (exact) mass is 224 g/mol. The number of fused-ring (bicyclic) bond motifs is 1. The summed E-state index contributed by atoms with van der Waals surface area (Å²) in [5.74, 6) is 0.912. The first kappa shape index (κ1) is 10.4. The molecule has 0 heterocycles. The summed E-state index contributed by atoms with van der Waals surface area (Å²) in [5, 5.41) is 0. The van der Waals surface area contributed by atoms with Gasteiger partial charge in [0.25, 0.3) is 0 Å². The second-order valence-electron chi connectivity index (χ2n) is 4.57. The Kier molecular flexibility index (Phi) is 2.60. The summed E-state index contributed by atoms with van der Waals surface area (Å²) in [6.07, 6.45) is 3.79. The standard InChI is InChI=1S/C16H16O/c1-17-16-9-7-13(8-10-16)15-6-5-12-3-2-4-14(12)11-15/h5-11H,2-4H2,1H3. The molecule has 2 aromatic rings. The van der Waals surface area contributed by atoms with Crippen molar-refractivity contribution in [2.24, 2.45) is 0 Å². The van der Waals surface area contributed by atoms with Crippen molar-refractivity contribution >= 4 is 0 Å². The zero-order chi connectivity index (χ0) is 11.7. The van der Waals surface area contributed by atoms with Crippen molar-refractivity contribution < 1.29 is 4.74 Å². The van der Waals surface area contributed by atoms with Crippen LogP contribution in [-0.4, -0.2) is 7.11 Å². The molecule has 1 nitrogen and oxygen atoms in total. The fourth-order valence-electron chi connectivity index (χ4n) is 2.53. The smallest absolute Gasteiger partial charge is 0.118 e. The van der Waals surface area contributed by atoms with E-state index in [0.29, 0.717) is 0 Å². The van der Waals surface area contributed by atoms with E-state index in [1.165, 1.54) is 41.5 Å². The van der Waals surface area contributed by atoms with E-state index in [1.807, 2.05) is 12.1 Å². The van der Waals surface area contributed by atoms with Crippen molar-refractivity contribution in [3.05, 3.63) is 53.6 Å². The third-order valence-corrected chi connectivity index (χ3v) is 3.52. The molecule has 1 heteroatoms. The fourth-order valence-corrected chi connectivity index (χ4v) is 2.53. The number of ether oxygens (including phenoxy) is 1. The lowest BCUT2D eigenvalue weighted by molar-refractivity contribution is 0.415. The Hall–Kier alpha value is -1.76. The van der Waals surface area contributed by atoms with Crippen LogP contribution in [0.4, 0.5) is 0 Å². The highest BCUT2D eigenvalue weighted by atomic mass is 16.5. The van der Waals surface area contributed by atoms with Crippen LogP contribution in [0.1, 0.15) is 17.5 Å². The van der Waals surface area contributed by atoms with Crippen molar-refractivity contribution in [2.45, 2.75) is 19.3 Å². The van der Waals surface area contributed by atoms with Crippen LogP contribution in [0.2, 0.25) is 0 Å². The topological polar surface area (TPSA) is 9.23 Å². The van der Waals surface area contributed by atoms with Gasteiger partial charge in [0, 0.05) is 0 Å². The van der Waals surface area contributed by atoms with E-state index in [9.17, 15) is 0 Å². The third kappa shape index (κ3) is 1.93. The minimum atomic E-state index is 0.912. The zero-order valence-corrected chi connectivity index (χ0v) is 10.1. The fraction of sp³-hybridized carbons (Fsp3) is 0.250. The molecule has 0 spiro atoms. The van der Waals surface area contributed by atoms with E-state index >= 15 is 0 Å². The van der Waals surface area contributed by atoms with Gasteiger partial charge in [-0.25, -0.2) is 0 Å². The predicted molar refractivity (Wildman–Crippen MR) is 70.5 cm³/mol. The maximum Gasteiger partial charge on any atom is 0.118 e. The predicted octanol–water partition coefficient (Wildman–Crippen LogP) is 3.85. The van der Waals surface area contributed by atoms with E-state index < -0.39 is 0 Å². The van der Waals surface area contributed by atoms with Crippen LogP contribution in [0, 0.1) is 0 Å². The van der Waals surface area contributed by atoms with E-state index in [2.05, 4.69) is 30.3 Å². The van der Waals surface area contributed by atoms with Gasteiger partial charge in [0.15, 0.2) is 0 Å². The number of hydrogen-bond donors (Lipinski definition) is 0. The first-order chi connectivity index (χ1) is 8.36. The summed E-state index contributed by atoms with van der Waals surface area (Å²) in [5.41, 5.74) is 5.63. The second-order valence-corrected chi connectivity index (χ2v) is 4.57. The Morgan fingerprint density at radius 1 is 0.824 bits per heavy atom. The van der Waals surface area contributed by atoms with Gasteiger partial charge < -0.3 is 4.74 Å². The molecule has 0 amide bonds. The van der Waals surface area contributed by atoms with E-state index in [0.717, 1.165) is 5.75 Å². The van der Waals surface area contributed by atoms with E-state index in [-0.39, 0.29) is 0 Å². The molecule has 1 aliphatic carbocycles. The summed E-state index contributed by atoms with van der Waals surface area (Å²) >= 11 is 0. The maximum atomic E-state index is 5.18. The van der Waals surface area contributed by atoms with Gasteiger partial charge in [0.2, 0.25) is 0 Å². The SMILES string of the molecule is COc1ccc(-c2ccc3c(c2)CCC3)cc1. The van der Waals surface area contributed by atoms with Crippen LogP contribution in [0.15, 0.2) is 42.5 Å². The quantitative estimate of drug-likeness (QED) is 0.752. The molecule has 0 N–H and O–H groups in total. The lowest BCUT2D eigenvalue weighted by Crippen LogP contribution is -1.85. The minimum absolute atomic E-state index is 0.912. The second kappa shape index (κ2) is 4.25. The highest BCUT2D eigenvalue weighted by Gasteiger charge is 2.11. The Labute approximate surface area is 102 Å². The molecule has 0 aliphatic heterocycles. The molecule has 0 radical (unpaired) electrons. The molecule has 0 fully saturated rings. The number of hydrogen-bond acceptors (Lipinski definition) is 1. The molecule has 0 aromatic heterocycles. The van der Waals surface area contributed by atoms with E-state index in [1.54, 1.807) is 7.11 Å².